The molecule has 2 bridgehead atoms. The zero-order chi connectivity index (χ0) is 35.2. The first-order chi connectivity index (χ1) is 22.5. The number of rotatable bonds is 10. The average Bonchev–Trinajstić information content (AvgIpc) is 3.76. The number of carbonyl (C=O) groups excluding carboxylic acids is 5. The molecular weight excluding hydrogens is 632 g/mol. The first-order valence-electron chi connectivity index (χ1n) is 15.9. The minimum absolute atomic E-state index is 0.0404. The van der Waals surface area contributed by atoms with E-state index in [4.69, 9.17) is 37.3 Å². The molecule has 2 aromatic heterocycles. The van der Waals surface area contributed by atoms with Gasteiger partial charge in [0.1, 0.15) is 42.9 Å². The molecule has 14 nitrogen and oxygen atoms in total. The molecular formula is C34H42O14. The lowest BCUT2D eigenvalue weighted by atomic mass is 9.46. The van der Waals surface area contributed by atoms with Gasteiger partial charge in [-0.3, -0.25) is 14.4 Å². The average molecular weight is 675 g/mol. The largest absolute Gasteiger partial charge is 0.472 e. The fourth-order valence-electron chi connectivity index (χ4n) is 7.80. The van der Waals surface area contributed by atoms with E-state index in [2.05, 4.69) is 0 Å². The molecule has 48 heavy (non-hydrogen) atoms. The van der Waals surface area contributed by atoms with Crippen LogP contribution in [0, 0.1) is 17.3 Å². The van der Waals surface area contributed by atoms with Crippen LogP contribution in [0.1, 0.15) is 88.4 Å². The molecule has 5 unspecified atom stereocenters. The van der Waals surface area contributed by atoms with Crippen LogP contribution in [-0.4, -0.2) is 82.8 Å². The third-order valence-corrected chi connectivity index (χ3v) is 10.1. The van der Waals surface area contributed by atoms with E-state index in [0.717, 1.165) is 6.92 Å². The number of fused-ring (bicyclic) bond motifs is 1. The minimum atomic E-state index is -2.07. The molecule has 0 amide bonds. The van der Waals surface area contributed by atoms with E-state index in [1.165, 1.54) is 51.0 Å². The smallest absolute Gasteiger partial charge is 0.341 e. The number of aliphatic hydroxyl groups is 1. The maximum Gasteiger partial charge on any atom is 0.341 e. The van der Waals surface area contributed by atoms with Crippen LogP contribution in [0.25, 0.3) is 0 Å². The highest BCUT2D eigenvalue weighted by Gasteiger charge is 2.86. The minimum Gasteiger partial charge on any atom is -0.472 e. The van der Waals surface area contributed by atoms with Crippen molar-refractivity contribution in [1.82, 2.24) is 0 Å². The van der Waals surface area contributed by atoms with Crippen molar-refractivity contribution in [2.75, 3.05) is 6.61 Å². The van der Waals surface area contributed by atoms with E-state index in [-0.39, 0.29) is 24.0 Å². The van der Waals surface area contributed by atoms with E-state index in [1.54, 1.807) is 27.7 Å². The Balaban J connectivity index is 1.80. The lowest BCUT2D eigenvalue weighted by Gasteiger charge is -2.65. The fourth-order valence-corrected chi connectivity index (χ4v) is 7.80. The van der Waals surface area contributed by atoms with Crippen LogP contribution in [0.5, 0.6) is 0 Å². The highest BCUT2D eigenvalue weighted by molar-refractivity contribution is 5.89. The summed E-state index contributed by atoms with van der Waals surface area (Å²) in [5.41, 5.74) is -7.21. The van der Waals surface area contributed by atoms with Gasteiger partial charge in [-0.25, -0.2) is 9.59 Å². The zero-order valence-electron chi connectivity index (χ0n) is 28.0. The van der Waals surface area contributed by atoms with E-state index < -0.39 is 94.9 Å². The second-order valence-corrected chi connectivity index (χ2v) is 13.6. The highest BCUT2D eigenvalue weighted by Crippen LogP contribution is 2.69. The standard InChI is InChI=1S/C34H42O14/c1-8-18(2)28(37)47-27-24(45-29(38)21-9-11-41-15-21)14-32(7,40)34-26(44-20(4)36)23(31(5,6)48-34)13-25(33(27,34)17-43-19(3)35)46-30(39)22-10-12-42-16-22/h9-12,15-16,18,23-27,40H,8,13-14,17H2,1-7H3/t18?,23-,24?,25?,26?,27?,32+,33-,34+/m1/s1. The molecule has 1 aliphatic heterocycles. The van der Waals surface area contributed by atoms with Gasteiger partial charge in [-0.05, 0) is 45.7 Å². The summed E-state index contributed by atoms with van der Waals surface area (Å²) in [6.07, 6.45) is -0.729. The van der Waals surface area contributed by atoms with Gasteiger partial charge in [-0.15, -0.1) is 0 Å². The quantitative estimate of drug-likeness (QED) is 0.283. The lowest BCUT2D eigenvalue weighted by molar-refractivity contribution is -0.355. The summed E-state index contributed by atoms with van der Waals surface area (Å²) in [5.74, 6) is -5.18. The van der Waals surface area contributed by atoms with Crippen molar-refractivity contribution >= 4 is 29.8 Å². The predicted octanol–water partition coefficient (Wildman–Crippen LogP) is 3.78. The van der Waals surface area contributed by atoms with Gasteiger partial charge in [0, 0.05) is 26.2 Å². The molecule has 262 valence electrons. The van der Waals surface area contributed by atoms with Crippen LogP contribution in [0.2, 0.25) is 0 Å². The molecule has 3 fully saturated rings. The van der Waals surface area contributed by atoms with Crippen LogP contribution in [0.3, 0.4) is 0 Å². The lowest BCUT2D eigenvalue weighted by Crippen LogP contribution is -2.83. The van der Waals surface area contributed by atoms with Crippen LogP contribution in [0.4, 0.5) is 0 Å². The summed E-state index contributed by atoms with van der Waals surface area (Å²) in [5, 5.41) is 12.7. The third-order valence-electron chi connectivity index (χ3n) is 10.1. The number of furan rings is 2. The highest BCUT2D eigenvalue weighted by atomic mass is 16.6. The molecule has 2 saturated carbocycles. The van der Waals surface area contributed by atoms with Crippen LogP contribution in [0.15, 0.2) is 46.0 Å². The summed E-state index contributed by atoms with van der Waals surface area (Å²) in [4.78, 5) is 66.1. The van der Waals surface area contributed by atoms with E-state index in [1.807, 2.05) is 0 Å². The van der Waals surface area contributed by atoms with Crippen LogP contribution in [-0.2, 0) is 42.8 Å². The summed E-state index contributed by atoms with van der Waals surface area (Å²) < 4.78 is 47.2. The second-order valence-electron chi connectivity index (χ2n) is 13.6. The topological polar surface area (TPSA) is 187 Å². The van der Waals surface area contributed by atoms with Crippen molar-refractivity contribution in [1.29, 1.82) is 0 Å². The molecule has 14 heteroatoms. The molecule has 1 N–H and O–H groups in total. The van der Waals surface area contributed by atoms with Gasteiger partial charge < -0.3 is 42.4 Å². The molecule has 2 aliphatic carbocycles. The van der Waals surface area contributed by atoms with Crippen molar-refractivity contribution in [3.05, 3.63) is 48.3 Å². The third kappa shape index (κ3) is 5.68. The van der Waals surface area contributed by atoms with Gasteiger partial charge >= 0.3 is 29.8 Å². The summed E-state index contributed by atoms with van der Waals surface area (Å²) in [6, 6.07) is 2.77. The first-order valence-corrected chi connectivity index (χ1v) is 15.9. The van der Waals surface area contributed by atoms with E-state index in [0.29, 0.717) is 6.42 Å². The summed E-state index contributed by atoms with van der Waals surface area (Å²) in [7, 11) is 0. The van der Waals surface area contributed by atoms with E-state index >= 15 is 0 Å². The Hall–Kier alpha value is -4.17. The maximum absolute atomic E-state index is 13.7. The van der Waals surface area contributed by atoms with E-state index in [9.17, 15) is 29.1 Å². The molecule has 0 aromatic carbocycles. The first kappa shape index (κ1) is 35.1. The Kier molecular flexibility index (Phi) is 9.30. The van der Waals surface area contributed by atoms with Gasteiger partial charge in [0.2, 0.25) is 0 Å². The van der Waals surface area contributed by atoms with Crippen molar-refractivity contribution < 1.29 is 66.3 Å². The van der Waals surface area contributed by atoms with Gasteiger partial charge in [0.25, 0.3) is 0 Å². The van der Waals surface area contributed by atoms with Crippen molar-refractivity contribution in [3.8, 4) is 0 Å². The van der Waals surface area contributed by atoms with Crippen molar-refractivity contribution in [3.63, 3.8) is 0 Å². The number of hydrogen-bond acceptors (Lipinski definition) is 14. The molecule has 1 saturated heterocycles. The van der Waals surface area contributed by atoms with Gasteiger partial charge in [0.15, 0.2) is 11.7 Å². The van der Waals surface area contributed by atoms with Gasteiger partial charge in [-0.1, -0.05) is 13.8 Å². The fraction of sp³-hybridized carbons (Fsp3) is 0.618. The van der Waals surface area contributed by atoms with Crippen molar-refractivity contribution in [2.24, 2.45) is 17.3 Å². The molecule has 3 heterocycles. The Bertz CT molecular complexity index is 1520. The summed E-state index contributed by atoms with van der Waals surface area (Å²) in [6.45, 7) is 10.0. The van der Waals surface area contributed by atoms with Gasteiger partial charge in [-0.2, -0.15) is 0 Å². The summed E-state index contributed by atoms with van der Waals surface area (Å²) >= 11 is 0. The predicted molar refractivity (Wildman–Crippen MR) is 161 cm³/mol. The molecule has 3 aliphatic rings. The molecule has 0 radical (unpaired) electrons. The van der Waals surface area contributed by atoms with Crippen LogP contribution < -0.4 is 0 Å². The number of esters is 5. The number of hydrogen-bond donors (Lipinski definition) is 1. The monoisotopic (exact) mass is 674 g/mol. The van der Waals surface area contributed by atoms with Crippen molar-refractivity contribution in [2.45, 2.75) is 109 Å². The molecule has 2 aromatic rings. The molecule has 5 rings (SSSR count). The SMILES string of the molecule is CCC(C)C(=O)OC1C(OC(=O)c2ccoc2)C[C@](C)(O)[C@]23OC(C)(C)[C@H](CC(OC(=O)c4ccoc4)[C@]12COC(C)=O)C3OC(C)=O. The zero-order valence-corrected chi connectivity index (χ0v) is 28.0. The van der Waals surface area contributed by atoms with Crippen LogP contribution >= 0.6 is 0 Å². The number of ether oxygens (including phenoxy) is 6. The second kappa shape index (κ2) is 12.7. The Morgan fingerprint density at radius 3 is 2.02 bits per heavy atom. The molecule has 9 atom stereocenters. The number of carbonyl (C=O) groups is 5. The Morgan fingerprint density at radius 1 is 0.896 bits per heavy atom. The normalized spacial score (nSPS) is 33.9. The molecule has 1 spiro atoms. The Morgan fingerprint density at radius 2 is 1.50 bits per heavy atom. The Labute approximate surface area is 277 Å². The van der Waals surface area contributed by atoms with Gasteiger partial charge in [0.05, 0.1) is 40.8 Å². The maximum atomic E-state index is 13.7.